The van der Waals surface area contributed by atoms with Gasteiger partial charge in [0.05, 0.1) is 7.11 Å². The van der Waals surface area contributed by atoms with Crippen LogP contribution in [0, 0.1) is 5.92 Å². The fourth-order valence-electron chi connectivity index (χ4n) is 1.59. The Balaban J connectivity index is 2.27. The number of carbonyl (C=O) groups excluding carboxylic acids is 1. The van der Waals surface area contributed by atoms with Gasteiger partial charge in [0.15, 0.2) is 0 Å². The summed E-state index contributed by atoms with van der Waals surface area (Å²) >= 11 is 0. The Morgan fingerprint density at radius 1 is 1.62 bits per heavy atom. The molecule has 3 nitrogen and oxygen atoms in total. The lowest BCUT2D eigenvalue weighted by molar-refractivity contribution is -0.146. The summed E-state index contributed by atoms with van der Waals surface area (Å²) in [5, 5.41) is 0. The molecule has 0 heterocycles. The lowest BCUT2D eigenvalue weighted by Gasteiger charge is -2.32. The van der Waals surface area contributed by atoms with Crippen LogP contribution < -0.4 is 0 Å². The third-order valence-electron chi connectivity index (χ3n) is 2.97. The van der Waals surface area contributed by atoms with E-state index in [0.29, 0.717) is 0 Å². The van der Waals surface area contributed by atoms with Gasteiger partial charge in [0.25, 0.3) is 0 Å². The monoisotopic (exact) mass is 185 g/mol. The summed E-state index contributed by atoms with van der Waals surface area (Å²) in [6.07, 6.45) is 3.99. The number of hydrogen-bond donors (Lipinski definition) is 0. The van der Waals surface area contributed by atoms with E-state index in [1.165, 1.54) is 26.4 Å². The van der Waals surface area contributed by atoms with E-state index in [0.717, 1.165) is 12.5 Å². The molecule has 13 heavy (non-hydrogen) atoms. The average molecular weight is 185 g/mol. The second kappa shape index (κ2) is 4.61. The second-order valence-corrected chi connectivity index (χ2v) is 3.94. The van der Waals surface area contributed by atoms with Crippen LogP contribution in [0.15, 0.2) is 0 Å². The molecule has 0 amide bonds. The van der Waals surface area contributed by atoms with Crippen LogP contribution in [-0.4, -0.2) is 37.6 Å². The number of nitrogens with zero attached hydrogens (tertiary/aromatic N) is 1. The van der Waals surface area contributed by atoms with Gasteiger partial charge in [0.1, 0.15) is 6.04 Å². The largest absolute Gasteiger partial charge is 0.468 e. The van der Waals surface area contributed by atoms with Crippen LogP contribution in [0.5, 0.6) is 0 Å². The van der Waals surface area contributed by atoms with Gasteiger partial charge in [-0.15, -0.1) is 0 Å². The molecule has 3 heteroatoms. The van der Waals surface area contributed by atoms with Gasteiger partial charge in [-0.05, 0) is 32.7 Å². The van der Waals surface area contributed by atoms with Crippen molar-refractivity contribution in [2.75, 3.05) is 20.7 Å². The van der Waals surface area contributed by atoms with Crippen molar-refractivity contribution in [3.05, 3.63) is 0 Å². The van der Waals surface area contributed by atoms with Gasteiger partial charge in [-0.3, -0.25) is 9.69 Å². The maximum absolute atomic E-state index is 11.2. The molecule has 0 aliphatic heterocycles. The van der Waals surface area contributed by atoms with Crippen molar-refractivity contribution in [2.45, 2.75) is 32.2 Å². The predicted molar refractivity (Wildman–Crippen MR) is 51.4 cm³/mol. The first-order valence-electron chi connectivity index (χ1n) is 4.93. The summed E-state index contributed by atoms with van der Waals surface area (Å²) in [7, 11) is 3.43. The van der Waals surface area contributed by atoms with Crippen molar-refractivity contribution >= 4 is 5.97 Å². The molecule has 0 bridgehead atoms. The van der Waals surface area contributed by atoms with Gasteiger partial charge in [0, 0.05) is 6.54 Å². The average Bonchev–Trinajstić information content (AvgIpc) is 2.08. The lowest BCUT2D eigenvalue weighted by Crippen LogP contribution is -2.40. The number of carbonyl (C=O) groups is 1. The summed E-state index contributed by atoms with van der Waals surface area (Å²) < 4.78 is 4.69. The van der Waals surface area contributed by atoms with E-state index < -0.39 is 0 Å². The molecule has 1 atom stereocenters. The van der Waals surface area contributed by atoms with Crippen LogP contribution in [0.1, 0.15) is 26.2 Å². The first-order valence-corrected chi connectivity index (χ1v) is 4.93. The van der Waals surface area contributed by atoms with Crippen LogP contribution in [0.4, 0.5) is 0 Å². The quantitative estimate of drug-likeness (QED) is 0.618. The van der Waals surface area contributed by atoms with E-state index in [1.54, 1.807) is 0 Å². The van der Waals surface area contributed by atoms with Crippen LogP contribution >= 0.6 is 0 Å². The maximum atomic E-state index is 11.2. The van der Waals surface area contributed by atoms with Crippen LogP contribution in [0.25, 0.3) is 0 Å². The van der Waals surface area contributed by atoms with E-state index in [9.17, 15) is 4.79 Å². The molecule has 1 rings (SSSR count). The molecule has 1 aliphatic rings. The zero-order valence-corrected chi connectivity index (χ0v) is 8.75. The highest BCUT2D eigenvalue weighted by molar-refractivity contribution is 5.75. The predicted octanol–water partition coefficient (Wildman–Crippen LogP) is 1.28. The minimum Gasteiger partial charge on any atom is -0.468 e. The fraction of sp³-hybridized carbons (Fsp3) is 0.900. The highest BCUT2D eigenvalue weighted by atomic mass is 16.5. The van der Waals surface area contributed by atoms with E-state index in [-0.39, 0.29) is 12.0 Å². The Labute approximate surface area is 80.1 Å². The van der Waals surface area contributed by atoms with Crippen molar-refractivity contribution in [2.24, 2.45) is 5.92 Å². The van der Waals surface area contributed by atoms with E-state index in [2.05, 4.69) is 9.64 Å². The van der Waals surface area contributed by atoms with Crippen molar-refractivity contribution in [1.29, 1.82) is 0 Å². The molecular formula is C10H19NO2. The zero-order chi connectivity index (χ0) is 9.84. The molecule has 1 saturated carbocycles. The maximum Gasteiger partial charge on any atom is 0.322 e. The Morgan fingerprint density at radius 3 is 2.62 bits per heavy atom. The minimum atomic E-state index is -0.137. The molecule has 0 aromatic carbocycles. The molecule has 0 saturated heterocycles. The van der Waals surface area contributed by atoms with Crippen molar-refractivity contribution in [3.8, 4) is 0 Å². The lowest BCUT2D eigenvalue weighted by atomic mass is 9.85. The van der Waals surface area contributed by atoms with Crippen LogP contribution in [-0.2, 0) is 9.53 Å². The molecular weight excluding hydrogens is 166 g/mol. The number of rotatable bonds is 4. The summed E-state index contributed by atoms with van der Waals surface area (Å²) in [4.78, 5) is 13.3. The molecule has 0 spiro atoms. The van der Waals surface area contributed by atoms with Gasteiger partial charge < -0.3 is 4.74 Å². The summed E-state index contributed by atoms with van der Waals surface area (Å²) in [6.45, 7) is 2.92. The summed E-state index contributed by atoms with van der Waals surface area (Å²) in [5.41, 5.74) is 0. The Kier molecular flexibility index (Phi) is 3.72. The third kappa shape index (κ3) is 2.69. The Bertz CT molecular complexity index is 178. The SMILES string of the molecule is COC(=O)C(C)N(C)CC1CCC1. The molecule has 1 fully saturated rings. The van der Waals surface area contributed by atoms with Gasteiger partial charge in [-0.25, -0.2) is 0 Å². The fourth-order valence-corrected chi connectivity index (χ4v) is 1.59. The highest BCUT2D eigenvalue weighted by Gasteiger charge is 2.24. The highest BCUT2D eigenvalue weighted by Crippen LogP contribution is 2.27. The first-order chi connectivity index (χ1) is 6.15. The second-order valence-electron chi connectivity index (χ2n) is 3.94. The van der Waals surface area contributed by atoms with E-state index >= 15 is 0 Å². The van der Waals surface area contributed by atoms with Crippen LogP contribution in [0.3, 0.4) is 0 Å². The number of ether oxygens (including phenoxy) is 1. The molecule has 0 aromatic heterocycles. The van der Waals surface area contributed by atoms with Crippen LogP contribution in [0.2, 0.25) is 0 Å². The number of likely N-dealkylation sites (N-methyl/N-ethyl adjacent to an activating group) is 1. The number of hydrogen-bond acceptors (Lipinski definition) is 3. The summed E-state index contributed by atoms with van der Waals surface area (Å²) in [5.74, 6) is 0.666. The van der Waals surface area contributed by atoms with Gasteiger partial charge in [0.2, 0.25) is 0 Å². The number of esters is 1. The van der Waals surface area contributed by atoms with Crippen molar-refractivity contribution in [3.63, 3.8) is 0 Å². The molecule has 76 valence electrons. The normalized spacial score (nSPS) is 19.7. The molecule has 1 aliphatic carbocycles. The molecule has 0 aromatic rings. The molecule has 0 radical (unpaired) electrons. The van der Waals surface area contributed by atoms with E-state index in [1.807, 2.05) is 14.0 Å². The summed E-state index contributed by atoms with van der Waals surface area (Å²) in [6, 6.07) is -0.106. The molecule has 1 unspecified atom stereocenters. The van der Waals surface area contributed by atoms with Gasteiger partial charge >= 0.3 is 5.97 Å². The zero-order valence-electron chi connectivity index (χ0n) is 8.75. The minimum absolute atomic E-state index is 0.106. The smallest absolute Gasteiger partial charge is 0.322 e. The van der Waals surface area contributed by atoms with Gasteiger partial charge in [-0.2, -0.15) is 0 Å². The Hall–Kier alpha value is -0.570. The number of methoxy groups -OCH3 is 1. The van der Waals surface area contributed by atoms with E-state index in [4.69, 9.17) is 0 Å². The topological polar surface area (TPSA) is 29.5 Å². The Morgan fingerprint density at radius 2 is 2.23 bits per heavy atom. The van der Waals surface area contributed by atoms with Crippen molar-refractivity contribution < 1.29 is 9.53 Å². The molecule has 0 N–H and O–H groups in total. The van der Waals surface area contributed by atoms with Gasteiger partial charge in [-0.1, -0.05) is 6.42 Å². The first kappa shape index (κ1) is 10.5. The van der Waals surface area contributed by atoms with Crippen molar-refractivity contribution in [1.82, 2.24) is 4.90 Å². The standard InChI is InChI=1S/C10H19NO2/c1-8(10(12)13-3)11(2)7-9-5-4-6-9/h8-9H,4-7H2,1-3H3. The third-order valence-corrected chi connectivity index (χ3v) is 2.97.